The van der Waals surface area contributed by atoms with Crippen molar-refractivity contribution in [2.75, 3.05) is 13.7 Å². The van der Waals surface area contributed by atoms with E-state index >= 15 is 0 Å². The molecule has 0 fully saturated rings. The first-order chi connectivity index (χ1) is 9.27. The number of hydrogen-bond donors (Lipinski definition) is 0. The number of benzene rings is 1. The molecule has 0 aliphatic heterocycles. The average molecular weight is 258 g/mol. The van der Waals surface area contributed by atoms with Crippen molar-refractivity contribution in [1.29, 1.82) is 0 Å². The highest BCUT2D eigenvalue weighted by atomic mass is 16.5. The van der Waals surface area contributed by atoms with E-state index in [0.717, 1.165) is 17.3 Å². The van der Waals surface area contributed by atoms with Gasteiger partial charge >= 0.3 is 5.97 Å². The van der Waals surface area contributed by atoms with Gasteiger partial charge in [-0.3, -0.25) is 0 Å². The molecule has 1 aromatic heterocycles. The van der Waals surface area contributed by atoms with E-state index in [-0.39, 0.29) is 5.97 Å². The fourth-order valence-electron chi connectivity index (χ4n) is 2.06. The summed E-state index contributed by atoms with van der Waals surface area (Å²) in [5.41, 5.74) is 9.77. The fraction of sp³-hybridized carbons (Fsp3) is 0.308. The molecule has 0 aliphatic rings. The first-order valence-electron chi connectivity index (χ1n) is 5.95. The van der Waals surface area contributed by atoms with E-state index in [1.807, 2.05) is 28.8 Å². The summed E-state index contributed by atoms with van der Waals surface area (Å²) >= 11 is 0. The first kappa shape index (κ1) is 13.0. The minimum Gasteiger partial charge on any atom is -0.465 e. The molecule has 0 amide bonds. The number of hydrogen-bond acceptors (Lipinski definition) is 3. The number of methoxy groups -OCH3 is 1. The Kier molecular flexibility index (Phi) is 4.05. The lowest BCUT2D eigenvalue weighted by molar-refractivity contribution is 0.0602. The molecule has 6 nitrogen and oxygen atoms in total. The molecule has 0 N–H and O–H groups in total. The molecule has 6 heteroatoms. The standard InChI is InChI=1S/C13H14N4O2/c1-19-13(18)11-9-17(8-4-7-15-16-14)12-6-3-2-5-10(11)12/h2-3,5-6,9H,4,7-8H2,1H3. The number of aryl methyl sites for hydroxylation is 1. The van der Waals surface area contributed by atoms with E-state index in [0.29, 0.717) is 18.7 Å². The van der Waals surface area contributed by atoms with Crippen molar-refractivity contribution in [3.63, 3.8) is 0 Å². The summed E-state index contributed by atoms with van der Waals surface area (Å²) in [6.07, 6.45) is 2.51. The Bertz CT molecular complexity index is 641. The third kappa shape index (κ3) is 2.69. The number of carbonyl (C=O) groups excluding carboxylic acids is 1. The summed E-state index contributed by atoms with van der Waals surface area (Å²) in [7, 11) is 1.37. The Morgan fingerprint density at radius 3 is 3.00 bits per heavy atom. The van der Waals surface area contributed by atoms with Crippen molar-refractivity contribution >= 4 is 16.9 Å². The largest absolute Gasteiger partial charge is 0.465 e. The van der Waals surface area contributed by atoms with Crippen LogP contribution in [0, 0.1) is 0 Å². The molecule has 0 saturated heterocycles. The van der Waals surface area contributed by atoms with Crippen LogP contribution in [0.3, 0.4) is 0 Å². The molecule has 1 heterocycles. The Labute approximate surface area is 110 Å². The van der Waals surface area contributed by atoms with Crippen LogP contribution in [0.2, 0.25) is 0 Å². The highest BCUT2D eigenvalue weighted by Crippen LogP contribution is 2.22. The maximum Gasteiger partial charge on any atom is 0.340 e. The maximum atomic E-state index is 11.7. The van der Waals surface area contributed by atoms with Gasteiger partial charge < -0.3 is 9.30 Å². The van der Waals surface area contributed by atoms with E-state index in [2.05, 4.69) is 10.0 Å². The van der Waals surface area contributed by atoms with Crippen molar-refractivity contribution in [3.05, 3.63) is 46.5 Å². The average Bonchev–Trinajstić information content (AvgIpc) is 2.82. The normalized spacial score (nSPS) is 10.2. The second-order valence-corrected chi connectivity index (χ2v) is 4.05. The van der Waals surface area contributed by atoms with Crippen LogP contribution in [-0.2, 0) is 11.3 Å². The van der Waals surface area contributed by atoms with Crippen LogP contribution < -0.4 is 0 Å². The fourth-order valence-corrected chi connectivity index (χ4v) is 2.06. The van der Waals surface area contributed by atoms with Gasteiger partial charge in [-0.1, -0.05) is 23.3 Å². The zero-order chi connectivity index (χ0) is 13.7. The summed E-state index contributed by atoms with van der Waals surface area (Å²) in [5.74, 6) is -0.343. The summed E-state index contributed by atoms with van der Waals surface area (Å²) in [5, 5.41) is 4.37. The second-order valence-electron chi connectivity index (χ2n) is 4.05. The highest BCUT2D eigenvalue weighted by molar-refractivity contribution is 6.04. The molecule has 0 spiro atoms. The van der Waals surface area contributed by atoms with Crippen molar-refractivity contribution < 1.29 is 9.53 Å². The predicted molar refractivity (Wildman–Crippen MR) is 71.9 cm³/mol. The second kappa shape index (κ2) is 5.93. The van der Waals surface area contributed by atoms with Crippen LogP contribution >= 0.6 is 0 Å². The number of rotatable bonds is 5. The SMILES string of the molecule is COC(=O)c1cn(CCCN=[N+]=[N-])c2ccccc12. The number of azide groups is 1. The number of para-hydroxylation sites is 1. The molecular weight excluding hydrogens is 244 g/mol. The van der Waals surface area contributed by atoms with Crippen LogP contribution in [0.25, 0.3) is 21.3 Å². The van der Waals surface area contributed by atoms with Crippen LogP contribution in [0.1, 0.15) is 16.8 Å². The van der Waals surface area contributed by atoms with Gasteiger partial charge in [-0.25, -0.2) is 4.79 Å². The molecule has 0 atom stereocenters. The minimum absolute atomic E-state index is 0.343. The first-order valence-corrected chi connectivity index (χ1v) is 5.95. The van der Waals surface area contributed by atoms with Gasteiger partial charge in [-0.05, 0) is 18.0 Å². The monoisotopic (exact) mass is 258 g/mol. The van der Waals surface area contributed by atoms with Gasteiger partial charge in [-0.15, -0.1) is 0 Å². The molecule has 0 radical (unpaired) electrons. The van der Waals surface area contributed by atoms with Crippen molar-refractivity contribution in [2.24, 2.45) is 5.11 Å². The predicted octanol–water partition coefficient (Wildman–Crippen LogP) is 3.13. The molecule has 1 aromatic carbocycles. The zero-order valence-corrected chi connectivity index (χ0v) is 10.6. The van der Waals surface area contributed by atoms with Gasteiger partial charge in [0.2, 0.25) is 0 Å². The smallest absolute Gasteiger partial charge is 0.340 e. The Balaban J connectivity index is 2.33. The molecule has 0 saturated carbocycles. The molecule has 0 bridgehead atoms. The number of ether oxygens (including phenoxy) is 1. The van der Waals surface area contributed by atoms with Gasteiger partial charge in [0.25, 0.3) is 0 Å². The van der Waals surface area contributed by atoms with Gasteiger partial charge in [0, 0.05) is 35.1 Å². The van der Waals surface area contributed by atoms with Gasteiger partial charge in [0.1, 0.15) is 0 Å². The van der Waals surface area contributed by atoms with E-state index < -0.39 is 0 Å². The molecule has 0 aliphatic carbocycles. The van der Waals surface area contributed by atoms with Crippen molar-refractivity contribution in [2.45, 2.75) is 13.0 Å². The lowest BCUT2D eigenvalue weighted by Crippen LogP contribution is -2.01. The molecule has 98 valence electrons. The summed E-state index contributed by atoms with van der Waals surface area (Å²) < 4.78 is 6.76. The molecule has 19 heavy (non-hydrogen) atoms. The van der Waals surface area contributed by atoms with Gasteiger partial charge in [0.05, 0.1) is 12.7 Å². The van der Waals surface area contributed by atoms with Crippen molar-refractivity contribution in [1.82, 2.24) is 4.57 Å². The topological polar surface area (TPSA) is 80.0 Å². The molecular formula is C13H14N4O2. The Morgan fingerprint density at radius 1 is 1.47 bits per heavy atom. The van der Waals surface area contributed by atoms with Crippen LogP contribution in [0.5, 0.6) is 0 Å². The lowest BCUT2D eigenvalue weighted by atomic mass is 10.2. The number of carbonyl (C=O) groups is 1. The quantitative estimate of drug-likeness (QED) is 0.271. The van der Waals surface area contributed by atoms with E-state index in [1.54, 1.807) is 6.20 Å². The Hall–Kier alpha value is -2.46. The molecule has 0 unspecified atom stereocenters. The van der Waals surface area contributed by atoms with E-state index in [1.165, 1.54) is 7.11 Å². The van der Waals surface area contributed by atoms with E-state index in [4.69, 9.17) is 10.3 Å². The van der Waals surface area contributed by atoms with Crippen LogP contribution in [-0.4, -0.2) is 24.2 Å². The number of nitrogens with zero attached hydrogens (tertiary/aromatic N) is 4. The van der Waals surface area contributed by atoms with Crippen molar-refractivity contribution in [3.8, 4) is 0 Å². The lowest BCUT2D eigenvalue weighted by Gasteiger charge is -2.02. The maximum absolute atomic E-state index is 11.7. The van der Waals surface area contributed by atoms with Gasteiger partial charge in [0.15, 0.2) is 0 Å². The molecule has 2 rings (SSSR count). The van der Waals surface area contributed by atoms with E-state index in [9.17, 15) is 4.79 Å². The highest BCUT2D eigenvalue weighted by Gasteiger charge is 2.14. The summed E-state index contributed by atoms with van der Waals surface area (Å²) in [6, 6.07) is 7.66. The number of esters is 1. The number of fused-ring (bicyclic) bond motifs is 1. The summed E-state index contributed by atoms with van der Waals surface area (Å²) in [6.45, 7) is 1.13. The Morgan fingerprint density at radius 2 is 2.26 bits per heavy atom. The van der Waals surface area contributed by atoms with Crippen LogP contribution in [0.4, 0.5) is 0 Å². The van der Waals surface area contributed by atoms with Gasteiger partial charge in [-0.2, -0.15) is 0 Å². The third-order valence-electron chi connectivity index (χ3n) is 2.91. The summed E-state index contributed by atoms with van der Waals surface area (Å²) in [4.78, 5) is 14.4. The minimum atomic E-state index is -0.343. The number of aromatic nitrogens is 1. The molecule has 2 aromatic rings. The zero-order valence-electron chi connectivity index (χ0n) is 10.6. The van der Waals surface area contributed by atoms with Crippen LogP contribution in [0.15, 0.2) is 35.6 Å². The third-order valence-corrected chi connectivity index (χ3v) is 2.91.